The molecule has 1 aliphatic rings. The van der Waals surface area contributed by atoms with Gasteiger partial charge in [0, 0.05) is 12.6 Å². The van der Waals surface area contributed by atoms with Gasteiger partial charge in [-0.2, -0.15) is 0 Å². The maximum atomic E-state index is 13.5. The number of likely N-dealkylation sites (N-methyl/N-ethyl adjacent to an activating group) is 2. The molecular formula is C23H41N3O4. The summed E-state index contributed by atoms with van der Waals surface area (Å²) in [5, 5.41) is 12.3. The molecule has 7 heteroatoms. The molecule has 0 aliphatic heterocycles. The molecule has 30 heavy (non-hydrogen) atoms. The van der Waals surface area contributed by atoms with E-state index in [1.165, 1.54) is 6.92 Å². The van der Waals surface area contributed by atoms with Crippen LogP contribution in [0.15, 0.2) is 11.6 Å². The monoisotopic (exact) mass is 423 g/mol. The number of hydrogen-bond acceptors (Lipinski definition) is 4. The summed E-state index contributed by atoms with van der Waals surface area (Å²) >= 11 is 0. The number of aliphatic carboxylic acids is 1. The van der Waals surface area contributed by atoms with Crippen LogP contribution in [0.2, 0.25) is 0 Å². The second-order valence-electron chi connectivity index (χ2n) is 10.2. The predicted molar refractivity (Wildman–Crippen MR) is 119 cm³/mol. The SMILES string of the molecule is C/C(=C\[C@H](C(C)C)N(C)C(=O)C(NC(=O)C1(N(C)C)CCCC1)C(C)(C)C)C(=O)O. The molecule has 0 radical (unpaired) electrons. The van der Waals surface area contributed by atoms with Crippen molar-refractivity contribution < 1.29 is 19.5 Å². The van der Waals surface area contributed by atoms with E-state index >= 15 is 0 Å². The van der Waals surface area contributed by atoms with Gasteiger partial charge in [-0.1, -0.05) is 53.5 Å². The van der Waals surface area contributed by atoms with Crippen LogP contribution in [-0.4, -0.2) is 71.5 Å². The highest BCUT2D eigenvalue weighted by Gasteiger charge is 2.46. The standard InChI is InChI=1S/C23H41N3O4/c1-15(2)17(14-16(3)20(28)29)26(9)19(27)18(22(4,5)6)24-21(30)23(25(7)8)12-10-11-13-23/h14-15,17-18H,10-13H2,1-9H3,(H,24,30)(H,28,29)/b16-14+/t17-,18?/m1/s1. The van der Waals surface area contributed by atoms with E-state index in [-0.39, 0.29) is 29.3 Å². The Kier molecular flexibility index (Phi) is 8.67. The Morgan fingerprint density at radius 2 is 1.57 bits per heavy atom. The first-order valence-corrected chi connectivity index (χ1v) is 10.8. The van der Waals surface area contributed by atoms with Crippen LogP contribution in [0.1, 0.15) is 67.2 Å². The van der Waals surface area contributed by atoms with E-state index in [0.29, 0.717) is 0 Å². The van der Waals surface area contributed by atoms with Crippen LogP contribution in [0.4, 0.5) is 0 Å². The summed E-state index contributed by atoms with van der Waals surface area (Å²) in [6.45, 7) is 11.2. The Hall–Kier alpha value is -1.89. The number of nitrogens with zero attached hydrogens (tertiary/aromatic N) is 2. The summed E-state index contributed by atoms with van der Waals surface area (Å²) in [6.07, 6.45) is 5.16. The van der Waals surface area contributed by atoms with Gasteiger partial charge in [0.25, 0.3) is 0 Å². The van der Waals surface area contributed by atoms with Crippen molar-refractivity contribution in [1.29, 1.82) is 0 Å². The zero-order valence-corrected chi connectivity index (χ0v) is 20.2. The fraction of sp³-hybridized carbons (Fsp3) is 0.783. The normalized spacial score (nSPS) is 19.0. The first-order valence-electron chi connectivity index (χ1n) is 10.8. The van der Waals surface area contributed by atoms with Crippen molar-refractivity contribution in [1.82, 2.24) is 15.1 Å². The number of rotatable bonds is 8. The lowest BCUT2D eigenvalue weighted by molar-refractivity contribution is -0.143. The number of carbonyl (C=O) groups excluding carboxylic acids is 2. The summed E-state index contributed by atoms with van der Waals surface area (Å²) in [5.74, 6) is -1.30. The average Bonchev–Trinajstić information content (AvgIpc) is 3.12. The molecule has 0 bridgehead atoms. The first-order chi connectivity index (χ1) is 13.6. The van der Waals surface area contributed by atoms with Gasteiger partial charge in [0.1, 0.15) is 6.04 Å². The molecule has 0 aromatic rings. The summed E-state index contributed by atoms with van der Waals surface area (Å²) in [5.41, 5.74) is -0.887. The van der Waals surface area contributed by atoms with Gasteiger partial charge < -0.3 is 15.3 Å². The lowest BCUT2D eigenvalue weighted by Gasteiger charge is -2.41. The van der Waals surface area contributed by atoms with E-state index in [1.807, 2.05) is 53.6 Å². The molecule has 0 aromatic heterocycles. The molecule has 2 amide bonds. The minimum absolute atomic E-state index is 0.0209. The van der Waals surface area contributed by atoms with Crippen LogP contribution in [0.5, 0.6) is 0 Å². The molecule has 0 spiro atoms. The summed E-state index contributed by atoms with van der Waals surface area (Å²) in [6, 6.07) is -1.10. The second kappa shape index (κ2) is 9.94. The number of carbonyl (C=O) groups is 3. The fourth-order valence-corrected chi connectivity index (χ4v) is 4.18. The highest BCUT2D eigenvalue weighted by molar-refractivity contribution is 5.93. The van der Waals surface area contributed by atoms with E-state index in [0.717, 1.165) is 25.7 Å². The summed E-state index contributed by atoms with van der Waals surface area (Å²) < 4.78 is 0. The molecule has 7 nitrogen and oxygen atoms in total. The van der Waals surface area contributed by atoms with Crippen LogP contribution < -0.4 is 5.32 Å². The third kappa shape index (κ3) is 5.84. The van der Waals surface area contributed by atoms with Gasteiger partial charge in [0.2, 0.25) is 11.8 Å². The lowest BCUT2D eigenvalue weighted by Crippen LogP contribution is -2.62. The van der Waals surface area contributed by atoms with E-state index in [1.54, 1.807) is 18.0 Å². The zero-order valence-electron chi connectivity index (χ0n) is 20.2. The molecule has 0 saturated heterocycles. The van der Waals surface area contributed by atoms with E-state index in [4.69, 9.17) is 0 Å². The highest BCUT2D eigenvalue weighted by Crippen LogP contribution is 2.35. The highest BCUT2D eigenvalue weighted by atomic mass is 16.4. The Balaban J connectivity index is 3.21. The number of carboxylic acid groups (broad SMARTS) is 1. The van der Waals surface area contributed by atoms with Crippen LogP contribution in [-0.2, 0) is 14.4 Å². The van der Waals surface area contributed by atoms with Crippen molar-refractivity contribution in [2.75, 3.05) is 21.1 Å². The van der Waals surface area contributed by atoms with Gasteiger partial charge in [0.05, 0.1) is 11.6 Å². The van der Waals surface area contributed by atoms with Gasteiger partial charge in [-0.15, -0.1) is 0 Å². The van der Waals surface area contributed by atoms with Crippen LogP contribution in [0, 0.1) is 11.3 Å². The molecule has 2 N–H and O–H groups in total. The Bertz CT molecular complexity index is 670. The van der Waals surface area contributed by atoms with E-state index in [2.05, 4.69) is 5.32 Å². The van der Waals surface area contributed by atoms with Gasteiger partial charge in [0.15, 0.2) is 0 Å². The molecule has 172 valence electrons. The first kappa shape index (κ1) is 26.1. The third-order valence-corrected chi connectivity index (χ3v) is 6.33. The number of amides is 2. The smallest absolute Gasteiger partial charge is 0.331 e. The van der Waals surface area contributed by atoms with Gasteiger partial charge in [-0.25, -0.2) is 4.79 Å². The zero-order chi connectivity index (χ0) is 23.4. The fourth-order valence-electron chi connectivity index (χ4n) is 4.18. The van der Waals surface area contributed by atoms with Crippen molar-refractivity contribution in [3.05, 3.63) is 11.6 Å². The van der Waals surface area contributed by atoms with Crippen molar-refractivity contribution >= 4 is 17.8 Å². The van der Waals surface area contributed by atoms with Gasteiger partial charge in [-0.3, -0.25) is 14.5 Å². The Labute approximate surface area is 181 Å². The van der Waals surface area contributed by atoms with Crippen LogP contribution in [0.25, 0.3) is 0 Å². The van der Waals surface area contributed by atoms with E-state index in [9.17, 15) is 19.5 Å². The number of hydrogen-bond donors (Lipinski definition) is 2. The van der Waals surface area contributed by atoms with Crippen molar-refractivity contribution in [3.63, 3.8) is 0 Å². The molecule has 1 saturated carbocycles. The van der Waals surface area contributed by atoms with Crippen molar-refractivity contribution in [2.45, 2.75) is 84.8 Å². The quantitative estimate of drug-likeness (QED) is 0.586. The number of nitrogens with one attached hydrogen (secondary N) is 1. The molecule has 2 atom stereocenters. The molecule has 1 aliphatic carbocycles. The topological polar surface area (TPSA) is 90.0 Å². The minimum atomic E-state index is -1.00. The van der Waals surface area contributed by atoms with Gasteiger partial charge in [-0.05, 0) is 45.2 Å². The molecule has 1 unspecified atom stereocenters. The molecule has 1 fully saturated rings. The Morgan fingerprint density at radius 1 is 1.07 bits per heavy atom. The van der Waals surface area contributed by atoms with E-state index < -0.39 is 23.0 Å². The van der Waals surface area contributed by atoms with Crippen molar-refractivity contribution in [3.8, 4) is 0 Å². The third-order valence-electron chi connectivity index (χ3n) is 6.33. The summed E-state index contributed by atoms with van der Waals surface area (Å²) in [4.78, 5) is 41.7. The molecule has 0 aromatic carbocycles. The largest absolute Gasteiger partial charge is 0.478 e. The maximum Gasteiger partial charge on any atom is 0.331 e. The molecule has 1 rings (SSSR count). The molecular weight excluding hydrogens is 382 g/mol. The van der Waals surface area contributed by atoms with Crippen LogP contribution in [0.3, 0.4) is 0 Å². The van der Waals surface area contributed by atoms with Crippen molar-refractivity contribution in [2.24, 2.45) is 11.3 Å². The van der Waals surface area contributed by atoms with Crippen LogP contribution >= 0.6 is 0 Å². The average molecular weight is 424 g/mol. The predicted octanol–water partition coefficient (Wildman–Crippen LogP) is 2.91. The molecule has 0 heterocycles. The minimum Gasteiger partial charge on any atom is -0.478 e. The summed E-state index contributed by atoms with van der Waals surface area (Å²) in [7, 11) is 5.51. The lowest BCUT2D eigenvalue weighted by atomic mass is 9.84. The van der Waals surface area contributed by atoms with Gasteiger partial charge >= 0.3 is 5.97 Å². The Morgan fingerprint density at radius 3 is 1.93 bits per heavy atom. The maximum absolute atomic E-state index is 13.5. The second-order valence-corrected chi connectivity index (χ2v) is 10.2. The number of carboxylic acids is 1.